The lowest BCUT2D eigenvalue weighted by Gasteiger charge is -2.30. The van der Waals surface area contributed by atoms with Crippen LogP contribution in [-0.2, 0) is 62.3 Å². The molecule has 0 aromatic rings. The number of hydrogen-bond acceptors (Lipinski definition) is 20. The number of guanidine groups is 1. The van der Waals surface area contributed by atoms with Gasteiger partial charge in [0.25, 0.3) is 0 Å². The van der Waals surface area contributed by atoms with Crippen LogP contribution < -0.4 is 88.4 Å². The highest BCUT2D eigenvalue weighted by atomic mass is 32.1. The average Bonchev–Trinajstić information content (AvgIpc) is 1.62. The third-order valence-corrected chi connectivity index (χ3v) is 16.0. The van der Waals surface area contributed by atoms with Gasteiger partial charge in [-0.3, -0.25) is 67.3 Å². The van der Waals surface area contributed by atoms with Crippen molar-refractivity contribution in [3.63, 3.8) is 0 Å². The first kappa shape index (κ1) is 80.6. The van der Waals surface area contributed by atoms with Crippen LogP contribution in [0.15, 0.2) is 4.99 Å². The van der Waals surface area contributed by atoms with E-state index in [0.29, 0.717) is 64.2 Å². The standard InChI is InChI=1S/C57H103N19O15S/c1-32(2)45(54(89)72-39(21-22-43(77)78)51(86)73-40(30-44(79)80)56(91)75-28-12-19-41(75)46(63)81)74-52(87)37(17-6-10-26-61)69-50(85)38(18-11-27-66-57(64)65)70-48(83)35(15-4-8-24-59)67-47(82)34(14-3-7-23-58)68-49(84)36(16-5-9-25-60)71-53(88)42-20-13-29-76(42)55(90)33(62)31-92/h32-42,45,92H,3-31,58-62H2,1-2H3,(H2,63,81)(H,67,82)(H,68,84)(H,69,85)(H,70,83)(H,71,88)(H,72,89)(H,73,86)(H,74,87)(H,77,78)(H,79,80)(H4,64,65,66). The van der Waals surface area contributed by atoms with Gasteiger partial charge in [0.2, 0.25) is 65.0 Å². The number of rotatable bonds is 46. The summed E-state index contributed by atoms with van der Waals surface area (Å²) >= 11 is 4.13. The lowest BCUT2D eigenvalue weighted by molar-refractivity contribution is -0.145. The minimum absolute atomic E-state index is 0.00947. The number of likely N-dealkylation sites (tertiary alicyclic amines) is 2. The predicted molar refractivity (Wildman–Crippen MR) is 341 cm³/mol. The van der Waals surface area contributed by atoms with Crippen LogP contribution in [0.2, 0.25) is 0 Å². The van der Waals surface area contributed by atoms with Crippen LogP contribution in [0.25, 0.3) is 0 Å². The van der Waals surface area contributed by atoms with Crippen LogP contribution in [0.1, 0.15) is 149 Å². The first-order chi connectivity index (χ1) is 43.6. The number of aliphatic carboxylic acids is 2. The maximum Gasteiger partial charge on any atom is 0.305 e. The van der Waals surface area contributed by atoms with Gasteiger partial charge in [0.1, 0.15) is 60.4 Å². The van der Waals surface area contributed by atoms with Gasteiger partial charge in [-0.15, -0.1) is 0 Å². The molecule has 2 aliphatic rings. The molecule has 0 aliphatic carbocycles. The van der Waals surface area contributed by atoms with Crippen molar-refractivity contribution in [2.24, 2.45) is 56.8 Å². The van der Waals surface area contributed by atoms with Crippen molar-refractivity contribution in [3.8, 4) is 0 Å². The second-order valence-electron chi connectivity index (χ2n) is 23.3. The van der Waals surface area contributed by atoms with Crippen LogP contribution in [0.4, 0.5) is 0 Å². The molecule has 2 rings (SSSR count). The monoisotopic (exact) mass is 1330 g/mol. The Hall–Kier alpha value is -7.47. The second-order valence-corrected chi connectivity index (χ2v) is 23.7. The highest BCUT2D eigenvalue weighted by Crippen LogP contribution is 2.21. The minimum atomic E-state index is -1.77. The van der Waals surface area contributed by atoms with E-state index in [2.05, 4.69) is 60.2 Å². The summed E-state index contributed by atoms with van der Waals surface area (Å²) in [7, 11) is 0. The SMILES string of the molecule is CC(C)C(NC(=O)C(CCCCN)NC(=O)C(CCCN=C(N)N)NC(=O)C(CCCCN)NC(=O)C(CCCCN)NC(=O)C(CCCCN)NC(=O)C1CCCN1C(=O)C(N)CS)C(=O)NC(CCC(=O)O)C(=O)NC(CC(=O)O)C(=O)N1CCCC1C(N)=O. The average molecular weight is 1330 g/mol. The normalized spacial score (nSPS) is 17.4. The number of thiol groups is 1. The number of aliphatic imine (C=N–C) groups is 1. The van der Waals surface area contributed by atoms with Crippen molar-refractivity contribution in [2.75, 3.05) is 51.6 Å². The first-order valence-corrected chi connectivity index (χ1v) is 32.3. The van der Waals surface area contributed by atoms with Gasteiger partial charge in [-0.05, 0) is 154 Å². The van der Waals surface area contributed by atoms with E-state index in [-0.39, 0.29) is 109 Å². The molecule has 2 fully saturated rings. The zero-order valence-electron chi connectivity index (χ0n) is 53.0. The Morgan fingerprint density at radius 3 is 1.23 bits per heavy atom. The molecule has 0 radical (unpaired) electrons. The zero-order valence-corrected chi connectivity index (χ0v) is 53.9. The molecule has 0 saturated carbocycles. The molecule has 26 N–H and O–H groups in total. The van der Waals surface area contributed by atoms with E-state index in [1.807, 2.05) is 0 Å². The van der Waals surface area contributed by atoms with Crippen molar-refractivity contribution in [3.05, 3.63) is 0 Å². The highest BCUT2D eigenvalue weighted by molar-refractivity contribution is 7.80. The van der Waals surface area contributed by atoms with Gasteiger partial charge < -0.3 is 108 Å². The Morgan fingerprint density at radius 2 is 0.848 bits per heavy atom. The molecule has 2 aliphatic heterocycles. The highest BCUT2D eigenvalue weighted by Gasteiger charge is 2.41. The van der Waals surface area contributed by atoms with E-state index in [1.54, 1.807) is 0 Å². The molecule has 35 heteroatoms. The summed E-state index contributed by atoms with van der Waals surface area (Å²) in [6.45, 7) is 4.29. The zero-order chi connectivity index (χ0) is 69.0. The van der Waals surface area contributed by atoms with Crippen LogP contribution in [-0.4, -0.2) is 221 Å². The van der Waals surface area contributed by atoms with E-state index < -0.39 is 169 Å². The molecule has 522 valence electrons. The van der Waals surface area contributed by atoms with Gasteiger partial charge in [-0.1, -0.05) is 13.8 Å². The van der Waals surface area contributed by atoms with E-state index in [0.717, 1.165) is 4.90 Å². The summed E-state index contributed by atoms with van der Waals surface area (Å²) < 4.78 is 0. The first-order valence-electron chi connectivity index (χ1n) is 31.6. The van der Waals surface area contributed by atoms with Crippen molar-refractivity contribution in [1.29, 1.82) is 0 Å². The van der Waals surface area contributed by atoms with E-state index >= 15 is 0 Å². The molecule has 11 atom stereocenters. The maximum absolute atomic E-state index is 14.6. The Labute approximate surface area is 542 Å². The van der Waals surface area contributed by atoms with Gasteiger partial charge in [0.05, 0.1) is 12.5 Å². The molecule has 2 heterocycles. The van der Waals surface area contributed by atoms with Gasteiger partial charge in [0.15, 0.2) is 5.96 Å². The Kier molecular flexibility index (Phi) is 38.0. The minimum Gasteiger partial charge on any atom is -0.481 e. The summed E-state index contributed by atoms with van der Waals surface area (Å²) in [4.78, 5) is 183. The Morgan fingerprint density at radius 1 is 0.478 bits per heavy atom. The van der Waals surface area contributed by atoms with Gasteiger partial charge in [0, 0.05) is 31.8 Å². The van der Waals surface area contributed by atoms with Crippen LogP contribution in [0.5, 0.6) is 0 Å². The van der Waals surface area contributed by atoms with E-state index in [4.69, 9.17) is 45.9 Å². The Bertz CT molecular complexity index is 2500. The number of carboxylic acids is 2. The molecular formula is C57H103N19O15S. The third kappa shape index (κ3) is 28.6. The van der Waals surface area contributed by atoms with Gasteiger partial charge >= 0.3 is 11.9 Å². The summed E-state index contributed by atoms with van der Waals surface area (Å²) in [5, 5.41) is 40.2. The summed E-state index contributed by atoms with van der Waals surface area (Å²) in [6, 6.07) is -14.6. The van der Waals surface area contributed by atoms with Crippen LogP contribution >= 0.6 is 12.6 Å². The Balaban J connectivity index is 2.52. The number of nitrogens with two attached hydrogens (primary N) is 8. The molecule has 0 aromatic carbocycles. The quantitative estimate of drug-likeness (QED) is 0.0117. The van der Waals surface area contributed by atoms with Crippen molar-refractivity contribution < 1.29 is 72.5 Å². The lowest BCUT2D eigenvalue weighted by atomic mass is 10.00. The maximum atomic E-state index is 14.6. The fourth-order valence-corrected chi connectivity index (χ4v) is 10.7. The number of amides is 11. The number of primary amides is 1. The molecule has 92 heavy (non-hydrogen) atoms. The van der Waals surface area contributed by atoms with E-state index in [1.165, 1.54) is 18.7 Å². The number of nitrogens with zero attached hydrogens (tertiary/aromatic N) is 3. The summed E-state index contributed by atoms with van der Waals surface area (Å²) in [5.41, 5.74) is 45.8. The number of hydrogen-bond donors (Lipinski definition) is 19. The molecular weight excluding hydrogens is 1220 g/mol. The smallest absolute Gasteiger partial charge is 0.305 e. The lowest BCUT2D eigenvalue weighted by Crippen LogP contribution is -2.61. The topological polar surface area (TPSA) is 586 Å². The van der Waals surface area contributed by atoms with Crippen LogP contribution in [0.3, 0.4) is 0 Å². The third-order valence-electron chi connectivity index (χ3n) is 15.6. The van der Waals surface area contributed by atoms with Crippen molar-refractivity contribution in [1.82, 2.24) is 52.3 Å². The fourth-order valence-electron chi connectivity index (χ4n) is 10.5. The molecule has 2 saturated heterocycles. The number of carbonyl (C=O) groups excluding carboxylic acids is 11. The van der Waals surface area contributed by atoms with Crippen LogP contribution in [0, 0.1) is 5.92 Å². The summed E-state index contributed by atoms with van der Waals surface area (Å²) in [5.74, 6) is -13.1. The molecule has 11 amide bonds. The largest absolute Gasteiger partial charge is 0.481 e. The number of carbonyl (C=O) groups is 13. The molecule has 0 bridgehead atoms. The number of unbranched alkanes of at least 4 members (excludes halogenated alkanes) is 4. The second kappa shape index (κ2) is 43.4. The fraction of sp³-hybridized carbons (Fsp3) is 0.754. The number of carboxylic acid groups (broad SMARTS) is 2. The number of nitrogens with one attached hydrogen (secondary N) is 8. The molecule has 34 nitrogen and oxygen atoms in total. The van der Waals surface area contributed by atoms with Crippen molar-refractivity contribution >= 4 is 95.5 Å². The summed E-state index contributed by atoms with van der Waals surface area (Å²) in [6.07, 6.45) is 2.22. The molecule has 11 unspecified atom stereocenters. The van der Waals surface area contributed by atoms with Gasteiger partial charge in [-0.2, -0.15) is 12.6 Å². The predicted octanol–water partition coefficient (Wildman–Crippen LogP) is -5.85. The van der Waals surface area contributed by atoms with Gasteiger partial charge in [-0.25, -0.2) is 0 Å². The van der Waals surface area contributed by atoms with Crippen molar-refractivity contribution in [2.45, 2.75) is 215 Å². The molecule has 0 aromatic heterocycles. The molecule has 0 spiro atoms. The van der Waals surface area contributed by atoms with E-state index in [9.17, 15) is 72.5 Å².